The first-order chi connectivity index (χ1) is 14.0. The van der Waals surface area contributed by atoms with Gasteiger partial charge in [0, 0.05) is 51.4 Å². The molecule has 0 saturated carbocycles. The van der Waals surface area contributed by atoms with E-state index in [2.05, 4.69) is 4.98 Å². The van der Waals surface area contributed by atoms with E-state index in [1.165, 1.54) is 4.90 Å². The molecule has 0 bridgehead atoms. The third-order valence-electron chi connectivity index (χ3n) is 5.66. The van der Waals surface area contributed by atoms with Crippen molar-refractivity contribution in [3.05, 3.63) is 30.1 Å². The molecule has 2 fully saturated rings. The average molecular weight is 402 g/mol. The highest BCUT2D eigenvalue weighted by molar-refractivity contribution is 5.83. The van der Waals surface area contributed by atoms with E-state index in [0.29, 0.717) is 38.6 Å². The molecule has 3 heterocycles. The Kier molecular flexibility index (Phi) is 7.43. The maximum absolute atomic E-state index is 12.5. The molecule has 1 atom stereocenters. The monoisotopic (exact) mass is 402 g/mol. The molecule has 2 aliphatic heterocycles. The summed E-state index contributed by atoms with van der Waals surface area (Å²) in [4.78, 5) is 45.8. The van der Waals surface area contributed by atoms with Crippen LogP contribution in [-0.2, 0) is 20.7 Å². The first kappa shape index (κ1) is 21.1. The summed E-state index contributed by atoms with van der Waals surface area (Å²) in [5.41, 5.74) is 0.982. The number of carbonyl (C=O) groups is 3. The van der Waals surface area contributed by atoms with Crippen molar-refractivity contribution in [1.29, 1.82) is 0 Å². The lowest BCUT2D eigenvalue weighted by atomic mass is 9.93. The predicted molar refractivity (Wildman–Crippen MR) is 107 cm³/mol. The molecule has 0 aromatic carbocycles. The van der Waals surface area contributed by atoms with Crippen LogP contribution in [0.2, 0.25) is 0 Å². The Balaban J connectivity index is 1.38. The van der Waals surface area contributed by atoms with Crippen molar-refractivity contribution in [3.63, 3.8) is 0 Å². The minimum Gasteiger partial charge on any atom is -0.448 e. The lowest BCUT2D eigenvalue weighted by molar-refractivity contribution is -0.133. The van der Waals surface area contributed by atoms with Gasteiger partial charge < -0.3 is 14.5 Å². The second-order valence-corrected chi connectivity index (χ2v) is 7.81. The van der Waals surface area contributed by atoms with Crippen LogP contribution in [0.25, 0.3) is 0 Å². The number of piperidine rings is 1. The van der Waals surface area contributed by atoms with Gasteiger partial charge in [-0.05, 0) is 37.3 Å². The fraction of sp³-hybridized carbons (Fsp3) is 0.619. The first-order valence-corrected chi connectivity index (χ1v) is 10.4. The van der Waals surface area contributed by atoms with Crippen LogP contribution in [-0.4, -0.2) is 84.0 Å². The van der Waals surface area contributed by atoms with E-state index >= 15 is 0 Å². The largest absolute Gasteiger partial charge is 0.448 e. The van der Waals surface area contributed by atoms with Gasteiger partial charge in [-0.2, -0.15) is 0 Å². The molecular formula is C21H30N4O4. The molecule has 8 heteroatoms. The highest BCUT2D eigenvalue weighted by Gasteiger charge is 2.29. The van der Waals surface area contributed by atoms with Crippen molar-refractivity contribution in [2.24, 2.45) is 5.92 Å². The number of carbonyl (C=O) groups excluding carboxylic acids is 3. The zero-order chi connectivity index (χ0) is 20.6. The van der Waals surface area contributed by atoms with Gasteiger partial charge in [0.1, 0.15) is 13.2 Å². The van der Waals surface area contributed by atoms with E-state index in [1.54, 1.807) is 11.1 Å². The number of pyridine rings is 1. The molecule has 0 spiro atoms. The molecule has 1 unspecified atom stereocenters. The van der Waals surface area contributed by atoms with Crippen LogP contribution >= 0.6 is 0 Å². The molecule has 3 amide bonds. The van der Waals surface area contributed by atoms with Crippen molar-refractivity contribution in [1.82, 2.24) is 19.7 Å². The second kappa shape index (κ2) is 10.2. The van der Waals surface area contributed by atoms with Gasteiger partial charge in [-0.1, -0.05) is 6.07 Å². The van der Waals surface area contributed by atoms with Crippen LogP contribution in [0.15, 0.2) is 24.4 Å². The number of nitrogens with zero attached hydrogens (tertiary/aromatic N) is 4. The number of likely N-dealkylation sites (tertiary alicyclic amines) is 1. The van der Waals surface area contributed by atoms with E-state index in [-0.39, 0.29) is 18.4 Å². The summed E-state index contributed by atoms with van der Waals surface area (Å²) in [6, 6.07) is 5.80. The summed E-state index contributed by atoms with van der Waals surface area (Å²) in [6.07, 6.45) is 5.33. The third-order valence-corrected chi connectivity index (χ3v) is 5.66. The number of ether oxygens (including phenoxy) is 1. The SMILES string of the molecule is CN(CCc1ccccn1)C(=O)CCC1CCCN(C(=O)CN2CCOC2=O)C1. The lowest BCUT2D eigenvalue weighted by Gasteiger charge is -2.33. The minimum atomic E-state index is -0.411. The highest BCUT2D eigenvalue weighted by atomic mass is 16.6. The number of cyclic esters (lactones) is 1. The second-order valence-electron chi connectivity index (χ2n) is 7.81. The van der Waals surface area contributed by atoms with Crippen molar-refractivity contribution in [2.45, 2.75) is 32.1 Å². The summed E-state index contributed by atoms with van der Waals surface area (Å²) in [5.74, 6) is 0.419. The van der Waals surface area contributed by atoms with Crippen LogP contribution in [0.4, 0.5) is 4.79 Å². The minimum absolute atomic E-state index is 0.0349. The molecular weight excluding hydrogens is 372 g/mol. The molecule has 29 heavy (non-hydrogen) atoms. The van der Waals surface area contributed by atoms with Crippen LogP contribution in [0.1, 0.15) is 31.4 Å². The predicted octanol–water partition coefficient (Wildman–Crippen LogP) is 1.55. The standard InChI is InChI=1S/C21H30N4O4/c1-23(12-9-18-6-2-3-10-22-18)19(26)8-7-17-5-4-11-24(15-17)20(27)16-25-13-14-29-21(25)28/h2-3,6,10,17H,4-5,7-9,11-16H2,1H3. The molecule has 1 aromatic heterocycles. The summed E-state index contributed by atoms with van der Waals surface area (Å²) >= 11 is 0. The Labute approximate surface area is 171 Å². The average Bonchev–Trinajstić information content (AvgIpc) is 3.15. The quantitative estimate of drug-likeness (QED) is 0.659. The fourth-order valence-corrected chi connectivity index (χ4v) is 3.83. The van der Waals surface area contributed by atoms with E-state index < -0.39 is 6.09 Å². The smallest absolute Gasteiger partial charge is 0.410 e. The summed E-state index contributed by atoms with van der Waals surface area (Å²) < 4.78 is 4.88. The third kappa shape index (κ3) is 6.17. The Bertz CT molecular complexity index is 712. The Hall–Kier alpha value is -2.64. The van der Waals surface area contributed by atoms with Crippen LogP contribution in [0.5, 0.6) is 0 Å². The molecule has 3 rings (SSSR count). The number of likely N-dealkylation sites (N-methyl/N-ethyl adjacent to an activating group) is 1. The molecule has 2 saturated heterocycles. The summed E-state index contributed by atoms with van der Waals surface area (Å²) in [5, 5.41) is 0. The van der Waals surface area contributed by atoms with Gasteiger partial charge >= 0.3 is 6.09 Å². The van der Waals surface area contributed by atoms with Crippen molar-refractivity contribution < 1.29 is 19.1 Å². The van der Waals surface area contributed by atoms with Gasteiger partial charge in [-0.25, -0.2) is 4.79 Å². The van der Waals surface area contributed by atoms with Gasteiger partial charge in [0.25, 0.3) is 0 Å². The zero-order valence-electron chi connectivity index (χ0n) is 17.1. The number of rotatable bonds is 8. The summed E-state index contributed by atoms with van der Waals surface area (Å²) in [7, 11) is 1.83. The van der Waals surface area contributed by atoms with E-state index in [0.717, 1.165) is 37.9 Å². The van der Waals surface area contributed by atoms with Gasteiger partial charge in [0.2, 0.25) is 11.8 Å². The van der Waals surface area contributed by atoms with Gasteiger partial charge in [-0.15, -0.1) is 0 Å². The number of hydrogen-bond acceptors (Lipinski definition) is 5. The van der Waals surface area contributed by atoms with Crippen molar-refractivity contribution >= 4 is 17.9 Å². The Morgan fingerprint density at radius 2 is 2.17 bits per heavy atom. The topological polar surface area (TPSA) is 83.1 Å². The van der Waals surface area contributed by atoms with Gasteiger partial charge in [-0.3, -0.25) is 19.5 Å². The Morgan fingerprint density at radius 1 is 1.31 bits per heavy atom. The molecule has 0 N–H and O–H groups in total. The molecule has 0 aliphatic carbocycles. The lowest BCUT2D eigenvalue weighted by Crippen LogP contribution is -2.45. The van der Waals surface area contributed by atoms with Crippen molar-refractivity contribution in [2.75, 3.05) is 46.4 Å². The molecule has 2 aliphatic rings. The fourth-order valence-electron chi connectivity index (χ4n) is 3.83. The maximum atomic E-state index is 12.5. The maximum Gasteiger partial charge on any atom is 0.410 e. The molecule has 1 aromatic rings. The molecule has 158 valence electrons. The summed E-state index contributed by atoms with van der Waals surface area (Å²) in [6.45, 7) is 2.94. The van der Waals surface area contributed by atoms with Crippen LogP contribution in [0, 0.1) is 5.92 Å². The number of aromatic nitrogens is 1. The zero-order valence-corrected chi connectivity index (χ0v) is 17.1. The van der Waals surface area contributed by atoms with Crippen molar-refractivity contribution in [3.8, 4) is 0 Å². The molecule has 8 nitrogen and oxygen atoms in total. The van der Waals surface area contributed by atoms with Crippen LogP contribution < -0.4 is 0 Å². The number of amides is 3. The van der Waals surface area contributed by atoms with Gasteiger partial charge in [0.05, 0.1) is 6.54 Å². The number of hydrogen-bond donors (Lipinski definition) is 0. The Morgan fingerprint density at radius 3 is 2.90 bits per heavy atom. The first-order valence-electron chi connectivity index (χ1n) is 10.4. The van der Waals surface area contributed by atoms with E-state index in [9.17, 15) is 14.4 Å². The normalized spacial score (nSPS) is 19.2. The van der Waals surface area contributed by atoms with E-state index in [1.807, 2.05) is 30.1 Å². The molecule has 0 radical (unpaired) electrons. The van der Waals surface area contributed by atoms with E-state index in [4.69, 9.17) is 4.74 Å². The van der Waals surface area contributed by atoms with Crippen LogP contribution in [0.3, 0.4) is 0 Å². The highest BCUT2D eigenvalue weighted by Crippen LogP contribution is 2.22. The van der Waals surface area contributed by atoms with Gasteiger partial charge in [0.15, 0.2) is 0 Å².